The van der Waals surface area contributed by atoms with Gasteiger partial charge in [0.2, 0.25) is 0 Å². The number of hydrogen-bond acceptors (Lipinski definition) is 5. The van der Waals surface area contributed by atoms with Crippen molar-refractivity contribution in [3.63, 3.8) is 0 Å². The molecule has 1 aliphatic rings. The van der Waals surface area contributed by atoms with Crippen LogP contribution in [0.15, 0.2) is 29.4 Å². The van der Waals surface area contributed by atoms with Gasteiger partial charge in [-0.3, -0.25) is 9.59 Å². The maximum atomic E-state index is 12.8. The average molecular weight is 370 g/mol. The van der Waals surface area contributed by atoms with Gasteiger partial charge in [-0.25, -0.2) is 9.82 Å². The monoisotopic (exact) mass is 370 g/mol. The van der Waals surface area contributed by atoms with Crippen LogP contribution >= 0.6 is 11.3 Å². The van der Waals surface area contributed by atoms with Gasteiger partial charge in [-0.15, -0.1) is 11.3 Å². The van der Waals surface area contributed by atoms with E-state index < -0.39 is 11.8 Å². The molecule has 0 aliphatic heterocycles. The summed E-state index contributed by atoms with van der Waals surface area (Å²) in [5.74, 6) is -2.22. The van der Waals surface area contributed by atoms with E-state index in [0.29, 0.717) is 16.1 Å². The number of fused-ring (bicyclic) bond motifs is 1. The van der Waals surface area contributed by atoms with Crippen LogP contribution in [0.2, 0.25) is 0 Å². The van der Waals surface area contributed by atoms with Crippen LogP contribution in [0.3, 0.4) is 0 Å². The van der Waals surface area contributed by atoms with Gasteiger partial charge in [0.25, 0.3) is 0 Å². The molecule has 0 atom stereocenters. The van der Waals surface area contributed by atoms with Crippen molar-refractivity contribution in [1.82, 2.24) is 5.43 Å². The number of amides is 2. The first kappa shape index (κ1) is 17.8. The second kappa shape index (κ2) is 7.89. The largest absolute Gasteiger partial charge is 0.329 e. The Bertz CT molecular complexity index is 913. The van der Waals surface area contributed by atoms with Crippen LogP contribution in [-0.4, -0.2) is 18.0 Å². The highest BCUT2D eigenvalue weighted by Crippen LogP contribution is 2.37. The summed E-state index contributed by atoms with van der Waals surface area (Å²) in [6.07, 6.45) is 5.08. The van der Waals surface area contributed by atoms with Crippen LogP contribution in [0.5, 0.6) is 0 Å². The number of rotatable bonds is 3. The molecule has 0 fully saturated rings. The van der Waals surface area contributed by atoms with Crippen molar-refractivity contribution in [3.8, 4) is 6.07 Å². The molecular formula is C18H15FN4O2S. The molecular weight excluding hydrogens is 355 g/mol. The summed E-state index contributed by atoms with van der Waals surface area (Å²) in [6.45, 7) is 0. The first-order valence-corrected chi connectivity index (χ1v) is 8.84. The molecule has 26 heavy (non-hydrogen) atoms. The molecule has 1 heterocycles. The molecule has 0 unspecified atom stereocenters. The molecule has 8 heteroatoms. The van der Waals surface area contributed by atoms with Gasteiger partial charge in [-0.05, 0) is 48.9 Å². The van der Waals surface area contributed by atoms with E-state index >= 15 is 0 Å². The lowest BCUT2D eigenvalue weighted by molar-refractivity contribution is -0.136. The molecule has 1 aliphatic carbocycles. The highest BCUT2D eigenvalue weighted by molar-refractivity contribution is 7.16. The van der Waals surface area contributed by atoms with Crippen molar-refractivity contribution < 1.29 is 14.0 Å². The summed E-state index contributed by atoms with van der Waals surface area (Å²) < 4.78 is 12.8. The zero-order chi connectivity index (χ0) is 18.5. The van der Waals surface area contributed by atoms with Crippen molar-refractivity contribution in [2.24, 2.45) is 5.10 Å². The summed E-state index contributed by atoms with van der Waals surface area (Å²) in [5.41, 5.74) is 4.11. The minimum atomic E-state index is -0.946. The number of anilines is 1. The second-order valence-corrected chi connectivity index (χ2v) is 6.84. The van der Waals surface area contributed by atoms with E-state index in [-0.39, 0.29) is 5.82 Å². The maximum absolute atomic E-state index is 12.8. The Morgan fingerprint density at radius 2 is 1.92 bits per heavy atom. The first-order valence-electron chi connectivity index (χ1n) is 8.03. The van der Waals surface area contributed by atoms with E-state index in [9.17, 15) is 19.2 Å². The van der Waals surface area contributed by atoms with E-state index in [0.717, 1.165) is 36.1 Å². The third kappa shape index (κ3) is 3.95. The summed E-state index contributed by atoms with van der Waals surface area (Å²) in [7, 11) is 0. The van der Waals surface area contributed by atoms with E-state index in [1.165, 1.54) is 41.8 Å². The standard InChI is InChI=1S/C18H15FN4O2S/c19-12-7-5-11(6-8-12)10-21-23-17(25)16(24)22-18-14(9-20)13-3-1-2-4-15(13)26-18/h5-8,10H,1-4H2,(H,22,24)(H,23,25)/b21-10+. The van der Waals surface area contributed by atoms with E-state index in [1.54, 1.807) is 0 Å². The third-order valence-corrected chi connectivity index (χ3v) is 5.17. The number of nitriles is 1. The number of hydrogen-bond donors (Lipinski definition) is 2. The molecule has 0 saturated carbocycles. The summed E-state index contributed by atoms with van der Waals surface area (Å²) in [6, 6.07) is 7.62. The molecule has 0 radical (unpaired) electrons. The fraction of sp³-hybridized carbons (Fsp3) is 0.222. The van der Waals surface area contributed by atoms with Gasteiger partial charge >= 0.3 is 11.8 Å². The Labute approximate surface area is 153 Å². The number of carbonyl (C=O) groups excluding carboxylic acids is 2. The number of carbonyl (C=O) groups is 2. The van der Waals surface area contributed by atoms with E-state index in [2.05, 4.69) is 21.9 Å². The van der Waals surface area contributed by atoms with Crippen molar-refractivity contribution >= 4 is 34.4 Å². The molecule has 2 aromatic rings. The first-order chi connectivity index (χ1) is 12.6. The molecule has 1 aromatic carbocycles. The Hall–Kier alpha value is -3.05. The number of benzene rings is 1. The van der Waals surface area contributed by atoms with Gasteiger partial charge < -0.3 is 5.32 Å². The van der Waals surface area contributed by atoms with Crippen LogP contribution in [0.4, 0.5) is 9.39 Å². The normalized spacial score (nSPS) is 13.1. The van der Waals surface area contributed by atoms with Crippen molar-refractivity contribution in [1.29, 1.82) is 5.26 Å². The summed E-state index contributed by atoms with van der Waals surface area (Å²) in [5, 5.41) is 15.9. The number of thiophene rings is 1. The Morgan fingerprint density at radius 3 is 2.65 bits per heavy atom. The lowest BCUT2D eigenvalue weighted by Gasteiger charge is -2.09. The maximum Gasteiger partial charge on any atom is 0.329 e. The number of nitrogens with one attached hydrogen (secondary N) is 2. The van der Waals surface area contributed by atoms with Gasteiger partial charge in [0.15, 0.2) is 0 Å². The zero-order valence-electron chi connectivity index (χ0n) is 13.7. The highest BCUT2D eigenvalue weighted by atomic mass is 32.1. The fourth-order valence-corrected chi connectivity index (χ4v) is 3.93. The number of hydrazone groups is 1. The van der Waals surface area contributed by atoms with Gasteiger partial charge in [-0.1, -0.05) is 12.1 Å². The molecule has 3 rings (SSSR count). The predicted molar refractivity (Wildman–Crippen MR) is 96.4 cm³/mol. The van der Waals surface area contributed by atoms with Crippen molar-refractivity contribution in [3.05, 3.63) is 51.7 Å². The van der Waals surface area contributed by atoms with Crippen LogP contribution in [0.1, 0.15) is 34.4 Å². The number of aryl methyl sites for hydroxylation is 1. The number of nitrogens with zero attached hydrogens (tertiary/aromatic N) is 2. The molecule has 0 saturated heterocycles. The van der Waals surface area contributed by atoms with Gasteiger partial charge in [0.05, 0.1) is 11.8 Å². The molecule has 132 valence electrons. The lowest BCUT2D eigenvalue weighted by Crippen LogP contribution is -2.32. The minimum Gasteiger partial charge on any atom is -0.308 e. The van der Waals surface area contributed by atoms with Crippen LogP contribution < -0.4 is 10.7 Å². The second-order valence-electron chi connectivity index (χ2n) is 5.73. The van der Waals surface area contributed by atoms with E-state index in [4.69, 9.17) is 0 Å². The van der Waals surface area contributed by atoms with Crippen LogP contribution in [-0.2, 0) is 22.4 Å². The van der Waals surface area contributed by atoms with Gasteiger partial charge in [0.1, 0.15) is 16.9 Å². The molecule has 0 spiro atoms. The average Bonchev–Trinajstić information content (AvgIpc) is 3.00. The summed E-state index contributed by atoms with van der Waals surface area (Å²) in [4.78, 5) is 25.0. The van der Waals surface area contributed by atoms with Gasteiger partial charge in [-0.2, -0.15) is 10.4 Å². The Balaban J connectivity index is 1.63. The topological polar surface area (TPSA) is 94.4 Å². The van der Waals surface area contributed by atoms with Crippen LogP contribution in [0.25, 0.3) is 0 Å². The lowest BCUT2D eigenvalue weighted by atomic mass is 9.96. The fourth-order valence-electron chi connectivity index (χ4n) is 2.70. The SMILES string of the molecule is N#Cc1c(NC(=O)C(=O)N/N=C/c2ccc(F)cc2)sc2c1CCCC2. The smallest absolute Gasteiger partial charge is 0.308 e. The van der Waals surface area contributed by atoms with Crippen molar-refractivity contribution in [2.75, 3.05) is 5.32 Å². The minimum absolute atomic E-state index is 0.377. The summed E-state index contributed by atoms with van der Waals surface area (Å²) >= 11 is 1.35. The number of halogens is 1. The quantitative estimate of drug-likeness (QED) is 0.494. The Kier molecular flexibility index (Phi) is 5.39. The van der Waals surface area contributed by atoms with Gasteiger partial charge in [0, 0.05) is 4.88 Å². The predicted octanol–water partition coefficient (Wildman–Crippen LogP) is 2.73. The third-order valence-electron chi connectivity index (χ3n) is 3.97. The molecule has 1 aromatic heterocycles. The molecule has 2 N–H and O–H groups in total. The van der Waals surface area contributed by atoms with Crippen LogP contribution in [0, 0.1) is 17.1 Å². The molecule has 2 amide bonds. The van der Waals surface area contributed by atoms with E-state index in [1.807, 2.05) is 0 Å². The zero-order valence-corrected chi connectivity index (χ0v) is 14.5. The molecule has 0 bridgehead atoms. The highest BCUT2D eigenvalue weighted by Gasteiger charge is 2.23. The molecule has 6 nitrogen and oxygen atoms in total. The van der Waals surface area contributed by atoms with Crippen molar-refractivity contribution in [2.45, 2.75) is 25.7 Å². The Morgan fingerprint density at radius 1 is 1.19 bits per heavy atom.